The summed E-state index contributed by atoms with van der Waals surface area (Å²) in [5.74, 6) is 0. The van der Waals surface area contributed by atoms with Gasteiger partial charge in [0.25, 0.3) is 0 Å². The summed E-state index contributed by atoms with van der Waals surface area (Å²) in [7, 11) is 0. The first-order valence-electron chi connectivity index (χ1n) is 20.1. The maximum Gasteiger partial charge on any atom is 0.220 e. The molecule has 0 aliphatic heterocycles. The van der Waals surface area contributed by atoms with E-state index >= 15 is 0 Å². The summed E-state index contributed by atoms with van der Waals surface area (Å²) >= 11 is 0. The highest BCUT2D eigenvalue weighted by Gasteiger charge is 2.33. The molecular formula is C54H28N6O. The maximum absolute atomic E-state index is 11.7. The average molecular weight is 777 g/mol. The topological polar surface area (TPSA) is 76.9 Å². The number of para-hydroxylation sites is 2. The van der Waals surface area contributed by atoms with Crippen LogP contribution < -0.4 is 0 Å². The van der Waals surface area contributed by atoms with E-state index < -0.39 is 0 Å². The fourth-order valence-electron chi connectivity index (χ4n) is 10.1. The lowest BCUT2D eigenvalue weighted by atomic mass is 9.88. The van der Waals surface area contributed by atoms with E-state index in [0.717, 1.165) is 87.2 Å². The van der Waals surface area contributed by atoms with Crippen LogP contribution in [0.2, 0.25) is 0 Å². The van der Waals surface area contributed by atoms with Gasteiger partial charge >= 0.3 is 0 Å². The molecule has 0 N–H and O–H groups in total. The third-order valence-electron chi connectivity index (χ3n) is 12.4. The lowest BCUT2D eigenvalue weighted by molar-refractivity contribution is 0.673. The van der Waals surface area contributed by atoms with Crippen LogP contribution >= 0.6 is 0 Å². The second-order valence-corrected chi connectivity index (χ2v) is 15.4. The Balaban J connectivity index is 1.31. The van der Waals surface area contributed by atoms with Gasteiger partial charge in [0.05, 0.1) is 39.9 Å². The van der Waals surface area contributed by atoms with Gasteiger partial charge in [0.15, 0.2) is 0 Å². The molecule has 0 fully saturated rings. The molecule has 0 atom stereocenters. The van der Waals surface area contributed by atoms with Crippen molar-refractivity contribution >= 4 is 93.0 Å². The van der Waals surface area contributed by atoms with Crippen molar-refractivity contribution in [1.29, 1.82) is 5.26 Å². The summed E-state index contributed by atoms with van der Waals surface area (Å²) in [5, 5.41) is 22.0. The summed E-state index contributed by atoms with van der Waals surface area (Å²) < 4.78 is 11.0. The molecular weight excluding hydrogens is 749 g/mol. The molecule has 5 heterocycles. The highest BCUT2D eigenvalue weighted by Crippen LogP contribution is 2.53. The molecule has 280 valence electrons. The van der Waals surface area contributed by atoms with E-state index in [2.05, 4.69) is 98.9 Å². The molecule has 0 spiro atoms. The minimum Gasteiger partial charge on any atom is -0.455 e. The highest BCUT2D eigenvalue weighted by molar-refractivity contribution is 6.33. The quantitative estimate of drug-likeness (QED) is 0.132. The van der Waals surface area contributed by atoms with Crippen LogP contribution in [0, 0.1) is 17.9 Å². The van der Waals surface area contributed by atoms with Gasteiger partial charge in [-0.15, -0.1) is 0 Å². The summed E-state index contributed by atoms with van der Waals surface area (Å²) in [6, 6.07) is 55.9. The zero-order valence-corrected chi connectivity index (χ0v) is 32.3. The molecule has 13 rings (SSSR count). The zero-order valence-electron chi connectivity index (χ0n) is 32.3. The second kappa shape index (κ2) is 12.4. The van der Waals surface area contributed by atoms with Crippen LogP contribution in [0.4, 0.5) is 5.69 Å². The predicted octanol–water partition coefficient (Wildman–Crippen LogP) is 14.1. The van der Waals surface area contributed by atoms with Gasteiger partial charge in [-0.2, -0.15) is 5.26 Å². The van der Waals surface area contributed by atoms with Gasteiger partial charge in [-0.3, -0.25) is 4.57 Å². The van der Waals surface area contributed by atoms with Crippen molar-refractivity contribution in [3.63, 3.8) is 0 Å². The van der Waals surface area contributed by atoms with Crippen molar-refractivity contribution in [2.45, 2.75) is 0 Å². The van der Waals surface area contributed by atoms with Crippen LogP contribution in [0.5, 0.6) is 0 Å². The van der Waals surface area contributed by atoms with Gasteiger partial charge in [0, 0.05) is 50.5 Å². The summed E-state index contributed by atoms with van der Waals surface area (Å²) in [4.78, 5) is 14.7. The van der Waals surface area contributed by atoms with E-state index in [1.807, 2.05) is 91.3 Å². The molecule has 0 bridgehead atoms. The largest absolute Gasteiger partial charge is 0.455 e. The summed E-state index contributed by atoms with van der Waals surface area (Å²) in [6.45, 7) is 9.12. The number of pyridine rings is 2. The molecule has 8 aromatic carbocycles. The first kappa shape index (κ1) is 33.2. The Morgan fingerprint density at radius 1 is 0.492 bits per heavy atom. The SMILES string of the molecule is [C-]#[N+]c1c(-c2ccccc2)c(C#N)c(-n2c3ccccc3c3c4oc5ccccc5c4ccc32)c(-c2ccccc2)c1-n1c2nccc3c4ccccc4c4ccnc1c4c32. The molecule has 0 aliphatic carbocycles. The molecule has 5 aromatic heterocycles. The summed E-state index contributed by atoms with van der Waals surface area (Å²) in [6.07, 6.45) is 3.70. The van der Waals surface area contributed by atoms with Gasteiger partial charge in [0.1, 0.15) is 28.5 Å². The number of hydrogen-bond acceptors (Lipinski definition) is 4. The van der Waals surface area contributed by atoms with Crippen LogP contribution in [0.1, 0.15) is 5.56 Å². The van der Waals surface area contributed by atoms with Crippen LogP contribution in [0.15, 0.2) is 175 Å². The van der Waals surface area contributed by atoms with E-state index in [4.69, 9.17) is 21.0 Å². The Kier molecular flexibility index (Phi) is 6.73. The molecule has 0 unspecified atom stereocenters. The van der Waals surface area contributed by atoms with Gasteiger partial charge in [-0.1, -0.05) is 121 Å². The van der Waals surface area contributed by atoms with E-state index in [1.165, 1.54) is 0 Å². The molecule has 61 heavy (non-hydrogen) atoms. The molecule has 0 amide bonds. The van der Waals surface area contributed by atoms with Crippen molar-refractivity contribution in [2.24, 2.45) is 0 Å². The molecule has 13 aromatic rings. The van der Waals surface area contributed by atoms with Crippen molar-refractivity contribution in [3.8, 4) is 39.7 Å². The number of aromatic nitrogens is 4. The van der Waals surface area contributed by atoms with Gasteiger partial charge in [-0.25, -0.2) is 14.8 Å². The minimum absolute atomic E-state index is 0.334. The Labute approximate surface area is 347 Å². The van der Waals surface area contributed by atoms with E-state index in [9.17, 15) is 5.26 Å². The first-order valence-corrected chi connectivity index (χ1v) is 20.1. The molecule has 0 radical (unpaired) electrons. The maximum atomic E-state index is 11.7. The number of rotatable bonds is 4. The van der Waals surface area contributed by atoms with Crippen molar-refractivity contribution in [3.05, 3.63) is 187 Å². The first-order chi connectivity index (χ1) is 30.2. The number of furan rings is 1. The molecule has 7 heteroatoms. The average Bonchev–Trinajstić information content (AvgIpc) is 3.99. The highest BCUT2D eigenvalue weighted by atomic mass is 16.3. The predicted molar refractivity (Wildman–Crippen MR) is 246 cm³/mol. The monoisotopic (exact) mass is 776 g/mol. The Bertz CT molecular complexity index is 3980. The van der Waals surface area contributed by atoms with Crippen LogP contribution in [-0.2, 0) is 0 Å². The van der Waals surface area contributed by atoms with Crippen molar-refractivity contribution < 1.29 is 4.42 Å². The Hall–Kier alpha value is -8.78. The Morgan fingerprint density at radius 3 is 1.70 bits per heavy atom. The smallest absolute Gasteiger partial charge is 0.220 e. The second-order valence-electron chi connectivity index (χ2n) is 15.4. The van der Waals surface area contributed by atoms with Crippen LogP contribution in [0.25, 0.3) is 126 Å². The lowest BCUT2D eigenvalue weighted by Gasteiger charge is -2.25. The van der Waals surface area contributed by atoms with Crippen LogP contribution in [-0.4, -0.2) is 19.1 Å². The van der Waals surface area contributed by atoms with Gasteiger partial charge < -0.3 is 8.98 Å². The summed E-state index contributed by atoms with van der Waals surface area (Å²) in [5.41, 5.74) is 9.55. The number of fused-ring (bicyclic) bond motifs is 10. The van der Waals surface area contributed by atoms with Crippen LogP contribution in [0.3, 0.4) is 0 Å². The molecule has 7 nitrogen and oxygen atoms in total. The fraction of sp³-hybridized carbons (Fsp3) is 0. The normalized spacial score (nSPS) is 11.9. The van der Waals surface area contributed by atoms with Crippen molar-refractivity contribution in [2.75, 3.05) is 0 Å². The zero-order chi connectivity index (χ0) is 40.3. The fourth-order valence-corrected chi connectivity index (χ4v) is 10.1. The van der Waals surface area contributed by atoms with E-state index in [0.29, 0.717) is 45.0 Å². The van der Waals surface area contributed by atoms with Crippen molar-refractivity contribution in [1.82, 2.24) is 19.1 Å². The van der Waals surface area contributed by atoms with Gasteiger partial charge in [-0.05, 0) is 69.1 Å². The minimum atomic E-state index is 0.334. The molecule has 0 saturated carbocycles. The van der Waals surface area contributed by atoms with E-state index in [1.54, 1.807) is 0 Å². The number of hydrogen-bond donors (Lipinski definition) is 0. The number of nitriles is 1. The number of nitrogens with zero attached hydrogens (tertiary/aromatic N) is 6. The molecule has 0 aliphatic rings. The van der Waals surface area contributed by atoms with Gasteiger partial charge in [0.2, 0.25) is 5.69 Å². The molecule has 0 saturated heterocycles. The lowest BCUT2D eigenvalue weighted by Crippen LogP contribution is -2.09. The third-order valence-corrected chi connectivity index (χ3v) is 12.4. The number of benzene rings is 8. The third kappa shape index (κ3) is 4.33. The Morgan fingerprint density at radius 2 is 1.07 bits per heavy atom. The standard InChI is InChI=1S/C54H28N6O/c1-56-49-44(31-14-4-2-5-15-31)40(30-55)50(59-41-22-12-10-21-39(41)46-42(59)25-24-38-35-20-11-13-23-43(35)61-52(38)46)45(32-16-6-3-7-17-32)51(49)60-53-47-36(26-28-57-53)33-18-8-9-19-34(33)37-27-29-58-54(60)48(37)47/h2-29H. The van der Waals surface area contributed by atoms with E-state index in [-0.39, 0.29) is 0 Å².